The molecular formula is C20H37N3O2S. The van der Waals surface area contributed by atoms with Crippen LogP contribution >= 0.6 is 11.8 Å². The van der Waals surface area contributed by atoms with E-state index in [0.29, 0.717) is 18.1 Å². The fourth-order valence-electron chi connectivity index (χ4n) is 2.84. The van der Waals surface area contributed by atoms with Crippen molar-refractivity contribution in [2.45, 2.75) is 83.6 Å². The van der Waals surface area contributed by atoms with Crippen molar-refractivity contribution in [1.29, 1.82) is 0 Å². The third kappa shape index (κ3) is 10.2. The van der Waals surface area contributed by atoms with Gasteiger partial charge in [0, 0.05) is 6.54 Å². The summed E-state index contributed by atoms with van der Waals surface area (Å²) in [6.45, 7) is 2.94. The Balaban J connectivity index is 2.05. The lowest BCUT2D eigenvalue weighted by Gasteiger charge is -2.05. The van der Waals surface area contributed by atoms with Crippen molar-refractivity contribution in [2.75, 3.05) is 18.6 Å². The van der Waals surface area contributed by atoms with E-state index >= 15 is 0 Å². The van der Waals surface area contributed by atoms with Crippen LogP contribution in [0.1, 0.15) is 100.0 Å². The van der Waals surface area contributed by atoms with Crippen molar-refractivity contribution in [1.82, 2.24) is 10.3 Å². The molecule has 0 fully saturated rings. The summed E-state index contributed by atoms with van der Waals surface area (Å²) in [6.07, 6.45) is 17.1. The van der Waals surface area contributed by atoms with Gasteiger partial charge >= 0.3 is 0 Å². The highest BCUT2D eigenvalue weighted by Gasteiger charge is 2.16. The minimum absolute atomic E-state index is 0.173. The number of carbonyl (C=O) groups excluding carboxylic acids is 1. The molecule has 5 nitrogen and oxygen atoms in total. The molecule has 0 radical (unpaired) electrons. The molecule has 0 aliphatic rings. The standard InChI is InChI=1S/C20H37N3O2S/c1-3-4-5-6-7-8-9-10-11-12-14-22-19(24)18-16-25-20(23-18)17(21)13-15-26-2/h16-17H,3-15,21H2,1-2H3,(H,22,24). The first kappa shape index (κ1) is 23.0. The molecule has 6 heteroatoms. The van der Waals surface area contributed by atoms with E-state index in [-0.39, 0.29) is 11.9 Å². The van der Waals surface area contributed by atoms with Crippen LogP contribution in [0.4, 0.5) is 0 Å². The lowest BCUT2D eigenvalue weighted by Crippen LogP contribution is -2.25. The summed E-state index contributed by atoms with van der Waals surface area (Å²) in [5.41, 5.74) is 6.33. The zero-order valence-electron chi connectivity index (χ0n) is 16.6. The van der Waals surface area contributed by atoms with Crippen LogP contribution in [-0.4, -0.2) is 29.4 Å². The Kier molecular flexibility index (Phi) is 13.4. The average Bonchev–Trinajstić information content (AvgIpc) is 3.14. The summed E-state index contributed by atoms with van der Waals surface area (Å²) in [5.74, 6) is 1.22. The number of hydrogen-bond acceptors (Lipinski definition) is 5. The zero-order valence-corrected chi connectivity index (χ0v) is 17.4. The number of nitrogens with one attached hydrogen (secondary N) is 1. The van der Waals surface area contributed by atoms with Gasteiger partial charge in [-0.05, 0) is 24.9 Å². The Morgan fingerprint density at radius 1 is 1.15 bits per heavy atom. The van der Waals surface area contributed by atoms with Gasteiger partial charge in [0.1, 0.15) is 6.26 Å². The van der Waals surface area contributed by atoms with Crippen LogP contribution in [-0.2, 0) is 0 Å². The summed E-state index contributed by atoms with van der Waals surface area (Å²) >= 11 is 1.73. The van der Waals surface area contributed by atoms with Gasteiger partial charge in [0.15, 0.2) is 5.69 Å². The molecule has 1 atom stereocenters. The van der Waals surface area contributed by atoms with Crippen molar-refractivity contribution in [3.63, 3.8) is 0 Å². The van der Waals surface area contributed by atoms with Gasteiger partial charge in [0.05, 0.1) is 6.04 Å². The van der Waals surface area contributed by atoms with E-state index in [1.807, 2.05) is 6.26 Å². The SMILES string of the molecule is CCCCCCCCCCCCNC(=O)c1coc(C(N)CCSC)n1. The maximum Gasteiger partial charge on any atom is 0.273 e. The van der Waals surface area contributed by atoms with Crippen LogP contribution in [0.25, 0.3) is 0 Å². The first-order valence-electron chi connectivity index (χ1n) is 10.2. The molecule has 1 heterocycles. The number of carbonyl (C=O) groups is 1. The molecule has 3 N–H and O–H groups in total. The molecule has 0 aliphatic carbocycles. The normalized spacial score (nSPS) is 12.3. The van der Waals surface area contributed by atoms with E-state index in [0.717, 1.165) is 18.6 Å². The number of nitrogens with two attached hydrogens (primary N) is 1. The molecule has 0 aromatic carbocycles. The van der Waals surface area contributed by atoms with Gasteiger partial charge in [-0.25, -0.2) is 4.98 Å². The van der Waals surface area contributed by atoms with Gasteiger partial charge in [-0.3, -0.25) is 4.79 Å². The highest BCUT2D eigenvalue weighted by atomic mass is 32.2. The van der Waals surface area contributed by atoms with Crippen LogP contribution in [0.3, 0.4) is 0 Å². The zero-order chi connectivity index (χ0) is 19.0. The Morgan fingerprint density at radius 2 is 1.77 bits per heavy atom. The molecule has 1 unspecified atom stereocenters. The number of nitrogens with zero attached hydrogens (tertiary/aromatic N) is 1. The number of rotatable bonds is 16. The van der Waals surface area contributed by atoms with Crippen molar-refractivity contribution in [3.8, 4) is 0 Å². The Labute approximate surface area is 163 Å². The van der Waals surface area contributed by atoms with E-state index in [1.54, 1.807) is 11.8 Å². The minimum atomic E-state index is -0.244. The lowest BCUT2D eigenvalue weighted by atomic mass is 10.1. The molecule has 1 rings (SSSR count). The van der Waals surface area contributed by atoms with Gasteiger partial charge in [0.25, 0.3) is 5.91 Å². The van der Waals surface area contributed by atoms with Gasteiger partial charge in [-0.1, -0.05) is 64.7 Å². The van der Waals surface area contributed by atoms with E-state index in [1.165, 1.54) is 64.1 Å². The van der Waals surface area contributed by atoms with E-state index in [4.69, 9.17) is 10.2 Å². The first-order valence-corrected chi connectivity index (χ1v) is 11.6. The third-order valence-electron chi connectivity index (χ3n) is 4.52. The van der Waals surface area contributed by atoms with Crippen molar-refractivity contribution in [3.05, 3.63) is 17.8 Å². The van der Waals surface area contributed by atoms with Crippen molar-refractivity contribution in [2.24, 2.45) is 5.73 Å². The van der Waals surface area contributed by atoms with Crippen LogP contribution in [0, 0.1) is 0 Å². The number of thioether (sulfide) groups is 1. The van der Waals surface area contributed by atoms with E-state index < -0.39 is 0 Å². The van der Waals surface area contributed by atoms with Crippen molar-refractivity contribution >= 4 is 17.7 Å². The predicted molar refractivity (Wildman–Crippen MR) is 111 cm³/mol. The van der Waals surface area contributed by atoms with E-state index in [2.05, 4.69) is 17.2 Å². The van der Waals surface area contributed by atoms with Gasteiger partial charge in [-0.15, -0.1) is 0 Å². The minimum Gasteiger partial charge on any atom is -0.446 e. The number of oxazole rings is 1. The summed E-state index contributed by atoms with van der Waals surface area (Å²) in [6, 6.07) is -0.244. The number of unbranched alkanes of at least 4 members (excludes halogenated alkanes) is 9. The molecule has 1 amide bonds. The van der Waals surface area contributed by atoms with E-state index in [9.17, 15) is 4.79 Å². The molecule has 1 aromatic rings. The highest BCUT2D eigenvalue weighted by molar-refractivity contribution is 7.98. The third-order valence-corrected chi connectivity index (χ3v) is 5.16. The number of aromatic nitrogens is 1. The summed E-state index contributed by atoms with van der Waals surface area (Å²) in [4.78, 5) is 16.3. The smallest absolute Gasteiger partial charge is 0.273 e. The van der Waals surface area contributed by atoms with Crippen LogP contribution in [0.5, 0.6) is 0 Å². The highest BCUT2D eigenvalue weighted by Crippen LogP contribution is 2.15. The second-order valence-corrected chi connectivity index (χ2v) is 7.88. The fourth-order valence-corrected chi connectivity index (χ4v) is 3.33. The quantitative estimate of drug-likeness (QED) is 0.389. The maximum absolute atomic E-state index is 12.1. The summed E-state index contributed by atoms with van der Waals surface area (Å²) < 4.78 is 5.35. The predicted octanol–water partition coefficient (Wildman–Crippen LogP) is 5.08. The number of hydrogen-bond donors (Lipinski definition) is 2. The fraction of sp³-hybridized carbons (Fsp3) is 0.800. The molecule has 0 saturated carbocycles. The van der Waals surface area contributed by atoms with Crippen LogP contribution in [0.15, 0.2) is 10.7 Å². The molecule has 0 spiro atoms. The molecule has 0 aliphatic heterocycles. The molecule has 0 bridgehead atoms. The Hall–Kier alpha value is -1.01. The first-order chi connectivity index (χ1) is 12.7. The summed E-state index contributed by atoms with van der Waals surface area (Å²) in [5, 5.41) is 2.91. The molecular weight excluding hydrogens is 346 g/mol. The molecule has 26 heavy (non-hydrogen) atoms. The second kappa shape index (κ2) is 15.1. The van der Waals surface area contributed by atoms with Gasteiger partial charge in [-0.2, -0.15) is 11.8 Å². The molecule has 0 saturated heterocycles. The van der Waals surface area contributed by atoms with Crippen LogP contribution < -0.4 is 11.1 Å². The Morgan fingerprint density at radius 3 is 2.38 bits per heavy atom. The largest absolute Gasteiger partial charge is 0.446 e. The topological polar surface area (TPSA) is 81.2 Å². The second-order valence-electron chi connectivity index (χ2n) is 6.90. The van der Waals surface area contributed by atoms with Gasteiger partial charge in [0.2, 0.25) is 5.89 Å². The van der Waals surface area contributed by atoms with Crippen molar-refractivity contribution < 1.29 is 9.21 Å². The summed E-state index contributed by atoms with van der Waals surface area (Å²) in [7, 11) is 0. The number of amides is 1. The maximum atomic E-state index is 12.1. The lowest BCUT2D eigenvalue weighted by molar-refractivity contribution is 0.0948. The monoisotopic (exact) mass is 383 g/mol. The molecule has 1 aromatic heterocycles. The molecule has 150 valence electrons. The average molecular weight is 384 g/mol. The Bertz CT molecular complexity index is 479. The van der Waals surface area contributed by atoms with Crippen LogP contribution in [0.2, 0.25) is 0 Å². The van der Waals surface area contributed by atoms with Gasteiger partial charge < -0.3 is 15.5 Å².